The standard InChI is InChI=1S/C18H11Cl3O3S/c19-10-6-7-12(13(20)8-10)14(22)9-15-17(16(21)18(23)24-15)25-11-4-2-1-3-5-11/h1-8,15H,9H2. The second-order valence-corrected chi connectivity index (χ2v) is 7.58. The largest absolute Gasteiger partial charge is 0.452 e. The number of benzene rings is 2. The maximum absolute atomic E-state index is 12.6. The Kier molecular flexibility index (Phi) is 5.74. The number of thioether (sulfide) groups is 1. The van der Waals surface area contributed by atoms with Gasteiger partial charge in [-0.3, -0.25) is 4.79 Å². The number of hydrogen-bond donors (Lipinski definition) is 0. The van der Waals surface area contributed by atoms with E-state index in [1.54, 1.807) is 12.1 Å². The van der Waals surface area contributed by atoms with Crippen LogP contribution in [0.25, 0.3) is 0 Å². The van der Waals surface area contributed by atoms with Crippen LogP contribution in [-0.4, -0.2) is 17.9 Å². The smallest absolute Gasteiger partial charge is 0.351 e. The summed E-state index contributed by atoms with van der Waals surface area (Å²) in [7, 11) is 0. The monoisotopic (exact) mass is 412 g/mol. The van der Waals surface area contributed by atoms with E-state index in [0.717, 1.165) is 4.90 Å². The van der Waals surface area contributed by atoms with Gasteiger partial charge in [0.05, 0.1) is 16.3 Å². The zero-order valence-corrected chi connectivity index (χ0v) is 15.8. The van der Waals surface area contributed by atoms with Crippen molar-refractivity contribution in [2.75, 3.05) is 0 Å². The third-order valence-electron chi connectivity index (χ3n) is 3.51. The second kappa shape index (κ2) is 7.83. The fourth-order valence-corrected chi connectivity index (χ4v) is 4.11. The van der Waals surface area contributed by atoms with E-state index >= 15 is 0 Å². The number of ether oxygens (including phenoxy) is 1. The lowest BCUT2D eigenvalue weighted by molar-refractivity contribution is -0.138. The van der Waals surface area contributed by atoms with Crippen LogP contribution < -0.4 is 0 Å². The molecule has 0 saturated carbocycles. The normalized spacial score (nSPS) is 16.9. The van der Waals surface area contributed by atoms with E-state index in [1.807, 2.05) is 30.3 Å². The first-order valence-electron chi connectivity index (χ1n) is 7.27. The highest BCUT2D eigenvalue weighted by Crippen LogP contribution is 2.40. The zero-order chi connectivity index (χ0) is 18.0. The van der Waals surface area contributed by atoms with Crippen LogP contribution in [0, 0.1) is 0 Å². The molecule has 1 aliphatic heterocycles. The van der Waals surface area contributed by atoms with Gasteiger partial charge in [0, 0.05) is 15.5 Å². The van der Waals surface area contributed by atoms with Gasteiger partial charge in [-0.1, -0.05) is 64.8 Å². The van der Waals surface area contributed by atoms with Gasteiger partial charge >= 0.3 is 5.97 Å². The van der Waals surface area contributed by atoms with Crippen LogP contribution in [0.3, 0.4) is 0 Å². The first kappa shape index (κ1) is 18.3. The molecule has 1 aliphatic rings. The molecule has 3 rings (SSSR count). The molecule has 0 radical (unpaired) electrons. The molecule has 0 fully saturated rings. The Balaban J connectivity index is 1.81. The number of ketones is 1. The minimum Gasteiger partial charge on any atom is -0.452 e. The fourth-order valence-electron chi connectivity index (χ4n) is 2.33. The lowest BCUT2D eigenvalue weighted by Crippen LogP contribution is -2.16. The molecule has 2 aromatic carbocycles. The van der Waals surface area contributed by atoms with E-state index in [2.05, 4.69) is 0 Å². The van der Waals surface area contributed by atoms with E-state index in [4.69, 9.17) is 39.5 Å². The summed E-state index contributed by atoms with van der Waals surface area (Å²) >= 11 is 19.3. The van der Waals surface area contributed by atoms with Crippen LogP contribution in [0.2, 0.25) is 10.0 Å². The third kappa shape index (κ3) is 4.21. The predicted octanol–water partition coefficient (Wildman–Crippen LogP) is 5.73. The van der Waals surface area contributed by atoms with E-state index in [1.165, 1.54) is 17.8 Å². The molecule has 0 amide bonds. The highest BCUT2D eigenvalue weighted by Gasteiger charge is 2.35. The summed E-state index contributed by atoms with van der Waals surface area (Å²) in [5.41, 5.74) is 0.328. The number of carbonyl (C=O) groups is 2. The van der Waals surface area contributed by atoms with Crippen molar-refractivity contribution in [1.82, 2.24) is 0 Å². The summed E-state index contributed by atoms with van der Waals surface area (Å²) < 4.78 is 5.26. The molecule has 1 unspecified atom stereocenters. The molecular weight excluding hydrogens is 403 g/mol. The molecule has 25 heavy (non-hydrogen) atoms. The number of rotatable bonds is 5. The molecule has 0 spiro atoms. The van der Waals surface area contributed by atoms with Gasteiger partial charge in [-0.25, -0.2) is 4.79 Å². The van der Waals surface area contributed by atoms with Crippen LogP contribution in [0.5, 0.6) is 0 Å². The van der Waals surface area contributed by atoms with Crippen LogP contribution in [0.1, 0.15) is 16.8 Å². The maximum atomic E-state index is 12.6. The molecule has 0 bridgehead atoms. The minimum atomic E-state index is -0.732. The van der Waals surface area contributed by atoms with Crippen molar-refractivity contribution in [2.45, 2.75) is 17.4 Å². The van der Waals surface area contributed by atoms with Gasteiger partial charge in [-0.2, -0.15) is 0 Å². The van der Waals surface area contributed by atoms with Crippen molar-refractivity contribution in [1.29, 1.82) is 0 Å². The van der Waals surface area contributed by atoms with Crippen LogP contribution in [-0.2, 0) is 9.53 Å². The lowest BCUT2D eigenvalue weighted by atomic mass is 10.1. The SMILES string of the molecule is O=C1OC(CC(=O)c2ccc(Cl)cc2Cl)C(Sc2ccccc2)=C1Cl. The molecule has 1 atom stereocenters. The first-order valence-corrected chi connectivity index (χ1v) is 9.22. The van der Waals surface area contributed by atoms with Gasteiger partial charge in [0.1, 0.15) is 11.1 Å². The number of halogens is 3. The van der Waals surface area contributed by atoms with E-state index in [-0.39, 0.29) is 22.3 Å². The van der Waals surface area contributed by atoms with Crippen LogP contribution >= 0.6 is 46.6 Å². The number of hydrogen-bond acceptors (Lipinski definition) is 4. The third-order valence-corrected chi connectivity index (χ3v) is 5.72. The van der Waals surface area contributed by atoms with E-state index in [0.29, 0.717) is 15.5 Å². The molecule has 128 valence electrons. The maximum Gasteiger partial charge on any atom is 0.351 e. The molecule has 7 heteroatoms. The lowest BCUT2D eigenvalue weighted by Gasteiger charge is -2.13. The highest BCUT2D eigenvalue weighted by molar-refractivity contribution is 8.03. The highest BCUT2D eigenvalue weighted by atomic mass is 35.5. The molecule has 0 saturated heterocycles. The van der Waals surface area contributed by atoms with E-state index in [9.17, 15) is 9.59 Å². The molecule has 0 N–H and O–H groups in total. The molecule has 3 nitrogen and oxygen atoms in total. The quantitative estimate of drug-likeness (QED) is 0.463. The Bertz CT molecular complexity index is 865. The van der Waals surface area contributed by atoms with Gasteiger partial charge in [-0.05, 0) is 30.3 Å². The molecule has 1 heterocycles. The number of esters is 1. The summed E-state index contributed by atoms with van der Waals surface area (Å²) in [5, 5.41) is 0.708. The topological polar surface area (TPSA) is 43.4 Å². The molecule has 0 aliphatic carbocycles. The van der Waals surface area contributed by atoms with Crippen LogP contribution in [0.15, 0.2) is 63.4 Å². The average Bonchev–Trinajstić information content (AvgIpc) is 2.83. The van der Waals surface area contributed by atoms with Crippen molar-refractivity contribution >= 4 is 58.3 Å². The number of carbonyl (C=O) groups excluding carboxylic acids is 2. The van der Waals surface area contributed by atoms with Crippen molar-refractivity contribution in [3.63, 3.8) is 0 Å². The van der Waals surface area contributed by atoms with Crippen LogP contribution in [0.4, 0.5) is 0 Å². The first-order chi connectivity index (χ1) is 12.0. The molecular formula is C18H11Cl3O3S. The van der Waals surface area contributed by atoms with Crippen molar-refractivity contribution in [2.24, 2.45) is 0 Å². The zero-order valence-electron chi connectivity index (χ0n) is 12.7. The summed E-state index contributed by atoms with van der Waals surface area (Å²) in [6, 6.07) is 14.1. The van der Waals surface area contributed by atoms with Crippen molar-refractivity contribution < 1.29 is 14.3 Å². The average molecular weight is 414 g/mol. The Morgan fingerprint density at radius 1 is 1.08 bits per heavy atom. The Morgan fingerprint density at radius 3 is 2.48 bits per heavy atom. The number of cyclic esters (lactones) is 1. The van der Waals surface area contributed by atoms with Crippen molar-refractivity contribution in [3.05, 3.63) is 74.1 Å². The second-order valence-electron chi connectivity index (χ2n) is 5.24. The minimum absolute atomic E-state index is 0.00820. The Labute approximate surface area is 163 Å². The summed E-state index contributed by atoms with van der Waals surface area (Å²) in [6.07, 6.45) is -0.775. The van der Waals surface area contributed by atoms with Crippen molar-refractivity contribution in [3.8, 4) is 0 Å². The van der Waals surface area contributed by atoms with Gasteiger partial charge < -0.3 is 4.74 Å². The van der Waals surface area contributed by atoms with Gasteiger partial charge in [0.15, 0.2) is 5.78 Å². The summed E-state index contributed by atoms with van der Waals surface area (Å²) in [5.74, 6) is -0.878. The molecule has 0 aromatic heterocycles. The number of Topliss-reactive ketones (excluding diaryl/α,β-unsaturated/α-hetero) is 1. The predicted molar refractivity (Wildman–Crippen MR) is 100 cm³/mol. The van der Waals surface area contributed by atoms with Gasteiger partial charge in [0.2, 0.25) is 0 Å². The summed E-state index contributed by atoms with van der Waals surface area (Å²) in [6.45, 7) is 0. The van der Waals surface area contributed by atoms with Gasteiger partial charge in [-0.15, -0.1) is 0 Å². The molecule has 2 aromatic rings. The Morgan fingerprint density at radius 2 is 1.80 bits per heavy atom. The van der Waals surface area contributed by atoms with E-state index < -0.39 is 12.1 Å². The van der Waals surface area contributed by atoms with Gasteiger partial charge in [0.25, 0.3) is 0 Å². The Hall–Kier alpha value is -1.46. The fraction of sp³-hybridized carbons (Fsp3) is 0.111. The summed E-state index contributed by atoms with van der Waals surface area (Å²) in [4.78, 5) is 25.8.